The van der Waals surface area contributed by atoms with Gasteiger partial charge in [-0.1, -0.05) is 12.1 Å². The van der Waals surface area contributed by atoms with Crippen LogP contribution in [0.1, 0.15) is 11.1 Å². The van der Waals surface area contributed by atoms with Gasteiger partial charge in [0.05, 0.1) is 13.5 Å². The normalized spacial score (nSPS) is 9.87. The van der Waals surface area contributed by atoms with Gasteiger partial charge in [-0.25, -0.2) is 0 Å². The number of amides is 1. The molecule has 0 radical (unpaired) electrons. The molecule has 0 spiro atoms. The molecule has 0 aromatic heterocycles. The summed E-state index contributed by atoms with van der Waals surface area (Å²) in [5.74, 6) is 0.863. The first-order valence-electron chi connectivity index (χ1n) is 4.88. The molecule has 1 aromatic carbocycles. The van der Waals surface area contributed by atoms with Gasteiger partial charge < -0.3 is 9.64 Å². The van der Waals surface area contributed by atoms with Crippen LogP contribution < -0.4 is 4.74 Å². The highest BCUT2D eigenvalue weighted by Crippen LogP contribution is 2.20. The van der Waals surface area contributed by atoms with Crippen LogP contribution in [-0.4, -0.2) is 32.0 Å². The Balaban J connectivity index is 2.89. The monoisotopic (exact) mass is 207 g/mol. The summed E-state index contributed by atoms with van der Waals surface area (Å²) in [7, 11) is 5.13. The summed E-state index contributed by atoms with van der Waals surface area (Å²) in [6.07, 6.45) is 0.385. The number of methoxy groups -OCH3 is 1. The number of nitrogens with zero attached hydrogens (tertiary/aromatic N) is 1. The van der Waals surface area contributed by atoms with E-state index in [0.717, 1.165) is 16.9 Å². The Bertz CT molecular complexity index is 359. The maximum absolute atomic E-state index is 11.5. The predicted octanol–water partition coefficient (Wildman–Crippen LogP) is 1.63. The molecular formula is C12H17NO2. The smallest absolute Gasteiger partial charge is 0.226 e. The molecule has 0 heterocycles. The summed E-state index contributed by atoms with van der Waals surface area (Å²) in [5, 5.41) is 0. The fourth-order valence-electron chi connectivity index (χ4n) is 1.32. The zero-order chi connectivity index (χ0) is 11.4. The summed E-state index contributed by atoms with van der Waals surface area (Å²) in [4.78, 5) is 13.1. The van der Waals surface area contributed by atoms with Crippen LogP contribution in [0, 0.1) is 6.92 Å². The van der Waals surface area contributed by atoms with Crippen molar-refractivity contribution in [1.82, 2.24) is 4.90 Å². The van der Waals surface area contributed by atoms with Gasteiger partial charge in [-0.2, -0.15) is 0 Å². The molecule has 3 heteroatoms. The van der Waals surface area contributed by atoms with E-state index in [1.54, 1.807) is 26.1 Å². The summed E-state index contributed by atoms with van der Waals surface area (Å²) in [6, 6.07) is 5.87. The van der Waals surface area contributed by atoms with Crippen molar-refractivity contribution in [2.45, 2.75) is 13.3 Å². The Labute approximate surface area is 90.7 Å². The molecule has 0 N–H and O–H groups in total. The van der Waals surface area contributed by atoms with Gasteiger partial charge in [0, 0.05) is 19.7 Å². The maximum atomic E-state index is 11.5. The summed E-state index contributed by atoms with van der Waals surface area (Å²) in [6.45, 7) is 2.00. The Hall–Kier alpha value is -1.51. The second-order valence-electron chi connectivity index (χ2n) is 3.78. The van der Waals surface area contributed by atoms with Gasteiger partial charge in [0.1, 0.15) is 5.75 Å². The molecule has 0 atom stereocenters. The van der Waals surface area contributed by atoms with Crippen LogP contribution in [0.5, 0.6) is 5.75 Å². The van der Waals surface area contributed by atoms with E-state index in [0.29, 0.717) is 6.42 Å². The average Bonchev–Trinajstić information content (AvgIpc) is 2.20. The van der Waals surface area contributed by atoms with E-state index < -0.39 is 0 Å². The SMILES string of the molecule is COc1cc(C)ccc1CC(=O)N(C)C. The third kappa shape index (κ3) is 2.98. The van der Waals surface area contributed by atoms with Gasteiger partial charge in [-0.15, -0.1) is 0 Å². The highest BCUT2D eigenvalue weighted by molar-refractivity contribution is 5.79. The second kappa shape index (κ2) is 4.82. The van der Waals surface area contributed by atoms with Gasteiger partial charge >= 0.3 is 0 Å². The van der Waals surface area contributed by atoms with E-state index in [1.807, 2.05) is 25.1 Å². The van der Waals surface area contributed by atoms with Gasteiger partial charge in [-0.05, 0) is 18.6 Å². The zero-order valence-electron chi connectivity index (χ0n) is 9.70. The van der Waals surface area contributed by atoms with Crippen LogP contribution >= 0.6 is 0 Å². The zero-order valence-corrected chi connectivity index (χ0v) is 9.70. The Morgan fingerprint density at radius 3 is 2.60 bits per heavy atom. The average molecular weight is 207 g/mol. The number of carbonyl (C=O) groups is 1. The third-order valence-electron chi connectivity index (χ3n) is 2.28. The molecule has 82 valence electrons. The largest absolute Gasteiger partial charge is 0.496 e. The van der Waals surface area contributed by atoms with E-state index in [4.69, 9.17) is 4.74 Å². The molecule has 1 aromatic rings. The number of benzene rings is 1. The molecule has 0 saturated carbocycles. The van der Waals surface area contributed by atoms with E-state index >= 15 is 0 Å². The molecule has 15 heavy (non-hydrogen) atoms. The van der Waals surface area contributed by atoms with Crippen molar-refractivity contribution in [3.8, 4) is 5.75 Å². The minimum atomic E-state index is 0.0807. The van der Waals surface area contributed by atoms with Crippen molar-refractivity contribution in [3.63, 3.8) is 0 Å². The van der Waals surface area contributed by atoms with Crippen LogP contribution in [0.4, 0.5) is 0 Å². The van der Waals surface area contributed by atoms with Crippen molar-refractivity contribution < 1.29 is 9.53 Å². The number of ether oxygens (including phenoxy) is 1. The fraction of sp³-hybridized carbons (Fsp3) is 0.417. The predicted molar refractivity (Wildman–Crippen MR) is 60.1 cm³/mol. The Morgan fingerprint density at radius 2 is 2.07 bits per heavy atom. The molecule has 0 bridgehead atoms. The number of likely N-dealkylation sites (N-methyl/N-ethyl adjacent to an activating group) is 1. The molecular weight excluding hydrogens is 190 g/mol. The molecule has 0 unspecified atom stereocenters. The highest BCUT2D eigenvalue weighted by Gasteiger charge is 2.09. The van der Waals surface area contributed by atoms with Gasteiger partial charge in [0.2, 0.25) is 5.91 Å². The number of aryl methyl sites for hydroxylation is 1. The van der Waals surface area contributed by atoms with E-state index in [-0.39, 0.29) is 5.91 Å². The van der Waals surface area contributed by atoms with Crippen molar-refractivity contribution in [3.05, 3.63) is 29.3 Å². The molecule has 0 saturated heterocycles. The van der Waals surface area contributed by atoms with Crippen molar-refractivity contribution in [2.24, 2.45) is 0 Å². The fourth-order valence-corrected chi connectivity index (χ4v) is 1.32. The first-order valence-corrected chi connectivity index (χ1v) is 4.88. The summed E-state index contributed by atoms with van der Waals surface area (Å²) < 4.78 is 5.24. The minimum absolute atomic E-state index is 0.0807. The minimum Gasteiger partial charge on any atom is -0.496 e. The van der Waals surface area contributed by atoms with Crippen molar-refractivity contribution >= 4 is 5.91 Å². The van der Waals surface area contributed by atoms with E-state index in [1.165, 1.54) is 0 Å². The first-order chi connectivity index (χ1) is 7.04. The molecule has 1 amide bonds. The van der Waals surface area contributed by atoms with Crippen LogP contribution in [0.3, 0.4) is 0 Å². The Kier molecular flexibility index (Phi) is 3.72. The lowest BCUT2D eigenvalue weighted by atomic mass is 10.1. The van der Waals surface area contributed by atoms with Crippen LogP contribution in [0.15, 0.2) is 18.2 Å². The second-order valence-corrected chi connectivity index (χ2v) is 3.78. The molecule has 3 nitrogen and oxygen atoms in total. The number of hydrogen-bond donors (Lipinski definition) is 0. The third-order valence-corrected chi connectivity index (χ3v) is 2.28. The molecule has 0 aliphatic heterocycles. The number of rotatable bonds is 3. The standard InChI is InChI=1S/C12H17NO2/c1-9-5-6-10(11(7-9)15-4)8-12(14)13(2)3/h5-7H,8H2,1-4H3. The van der Waals surface area contributed by atoms with Crippen molar-refractivity contribution in [1.29, 1.82) is 0 Å². The van der Waals surface area contributed by atoms with Gasteiger partial charge in [0.15, 0.2) is 0 Å². The van der Waals surface area contributed by atoms with Crippen LogP contribution in [-0.2, 0) is 11.2 Å². The molecule has 0 aliphatic carbocycles. The first kappa shape index (κ1) is 11.6. The molecule has 0 fully saturated rings. The van der Waals surface area contributed by atoms with Crippen LogP contribution in [0.25, 0.3) is 0 Å². The number of carbonyl (C=O) groups excluding carboxylic acids is 1. The maximum Gasteiger partial charge on any atom is 0.226 e. The highest BCUT2D eigenvalue weighted by atomic mass is 16.5. The van der Waals surface area contributed by atoms with Gasteiger partial charge in [0.25, 0.3) is 0 Å². The van der Waals surface area contributed by atoms with E-state index in [2.05, 4.69) is 0 Å². The summed E-state index contributed by atoms with van der Waals surface area (Å²) >= 11 is 0. The lowest BCUT2D eigenvalue weighted by Crippen LogP contribution is -2.23. The topological polar surface area (TPSA) is 29.5 Å². The molecule has 1 rings (SSSR count). The molecule has 0 aliphatic rings. The van der Waals surface area contributed by atoms with Crippen molar-refractivity contribution in [2.75, 3.05) is 21.2 Å². The van der Waals surface area contributed by atoms with Crippen LogP contribution in [0.2, 0.25) is 0 Å². The summed E-state index contributed by atoms with van der Waals surface area (Å²) in [5.41, 5.74) is 2.06. The van der Waals surface area contributed by atoms with Gasteiger partial charge in [-0.3, -0.25) is 4.79 Å². The van der Waals surface area contributed by atoms with E-state index in [9.17, 15) is 4.79 Å². The Morgan fingerprint density at radius 1 is 1.40 bits per heavy atom. The quantitative estimate of drug-likeness (QED) is 0.754. The lowest BCUT2D eigenvalue weighted by molar-refractivity contribution is -0.127. The number of hydrogen-bond acceptors (Lipinski definition) is 2. The lowest BCUT2D eigenvalue weighted by Gasteiger charge is -2.12.